The lowest BCUT2D eigenvalue weighted by atomic mass is 10.0. The van der Waals surface area contributed by atoms with Crippen LogP contribution < -0.4 is 5.30 Å². The molecule has 1 unspecified atom stereocenters. The number of aliphatic imine (C=N–C) groups is 1. The van der Waals surface area contributed by atoms with Crippen LogP contribution in [0.3, 0.4) is 0 Å². The molecule has 3 aromatic rings. The van der Waals surface area contributed by atoms with E-state index in [1.54, 1.807) is 0 Å². The molecule has 23 heavy (non-hydrogen) atoms. The van der Waals surface area contributed by atoms with E-state index in [9.17, 15) is 0 Å². The fourth-order valence-corrected chi connectivity index (χ4v) is 3.24. The van der Waals surface area contributed by atoms with Crippen molar-refractivity contribution in [3.8, 4) is 5.69 Å². The zero-order valence-corrected chi connectivity index (χ0v) is 14.4. The van der Waals surface area contributed by atoms with Gasteiger partial charge in [-0.15, -0.1) is 19.4 Å². The molecule has 2 heterocycles. The zero-order valence-electron chi connectivity index (χ0n) is 12.5. The summed E-state index contributed by atoms with van der Waals surface area (Å²) in [4.78, 5) is 4.80. The topological polar surface area (TPSA) is 43.1 Å². The van der Waals surface area contributed by atoms with Crippen LogP contribution in [0.25, 0.3) is 5.69 Å². The first-order valence-corrected chi connectivity index (χ1v) is 8.20. The van der Waals surface area contributed by atoms with Gasteiger partial charge in [0.1, 0.15) is 12.4 Å². The molecule has 1 aromatic heterocycles. The Labute approximate surface area is 141 Å². The van der Waals surface area contributed by atoms with Crippen LogP contribution in [0.2, 0.25) is 5.02 Å². The fourth-order valence-electron chi connectivity index (χ4n) is 2.85. The quantitative estimate of drug-likeness (QED) is 0.639. The maximum absolute atomic E-state index is 6.02. The smallest absolute Gasteiger partial charge is 0.159 e. The monoisotopic (exact) mass is 340 g/mol. The average Bonchev–Trinajstić information content (AvgIpc) is 2.82. The predicted molar refractivity (Wildman–Crippen MR) is 96.2 cm³/mol. The second-order valence-electron chi connectivity index (χ2n) is 5.45. The summed E-state index contributed by atoms with van der Waals surface area (Å²) in [5, 5.41) is 10.3. The van der Waals surface area contributed by atoms with Gasteiger partial charge in [0.15, 0.2) is 5.82 Å². The van der Waals surface area contributed by atoms with E-state index in [0.29, 0.717) is 6.54 Å². The highest BCUT2D eigenvalue weighted by atomic mass is 35.5. The van der Waals surface area contributed by atoms with Gasteiger partial charge in [0.2, 0.25) is 0 Å². The third-order valence-corrected chi connectivity index (χ3v) is 4.52. The van der Waals surface area contributed by atoms with Crippen LogP contribution in [0.15, 0.2) is 47.5 Å². The molecule has 4 nitrogen and oxygen atoms in total. The van der Waals surface area contributed by atoms with Gasteiger partial charge in [0, 0.05) is 16.1 Å². The Bertz CT molecular complexity index is 928. The SMILES string of the molecule is Cc1nnc2n1-c1ccc(P)cc1C(c1ccc(Cl)cc1)=NC2. The molecular weight excluding hydrogens is 327 g/mol. The molecule has 114 valence electrons. The van der Waals surface area contributed by atoms with Crippen molar-refractivity contribution in [3.63, 3.8) is 0 Å². The van der Waals surface area contributed by atoms with E-state index in [4.69, 9.17) is 16.6 Å². The Morgan fingerprint density at radius 2 is 1.87 bits per heavy atom. The summed E-state index contributed by atoms with van der Waals surface area (Å²) in [6.07, 6.45) is 0. The third kappa shape index (κ3) is 2.48. The second kappa shape index (κ2) is 5.55. The Kier molecular flexibility index (Phi) is 3.51. The lowest BCUT2D eigenvalue weighted by Gasteiger charge is -2.13. The normalized spacial score (nSPS) is 13.1. The Hall–Kier alpha value is -2.03. The summed E-state index contributed by atoms with van der Waals surface area (Å²) in [7, 11) is 2.74. The summed E-state index contributed by atoms with van der Waals surface area (Å²) < 4.78 is 2.08. The largest absolute Gasteiger partial charge is 0.281 e. The number of aromatic nitrogens is 3. The highest BCUT2D eigenvalue weighted by molar-refractivity contribution is 7.27. The molecule has 1 aliphatic heterocycles. The molecule has 0 fully saturated rings. The Morgan fingerprint density at radius 1 is 1.09 bits per heavy atom. The molecular formula is C17H14ClN4P. The van der Waals surface area contributed by atoms with Crippen molar-refractivity contribution in [2.24, 2.45) is 4.99 Å². The van der Waals surface area contributed by atoms with E-state index in [1.165, 1.54) is 0 Å². The van der Waals surface area contributed by atoms with Crippen LogP contribution in [-0.4, -0.2) is 20.5 Å². The van der Waals surface area contributed by atoms with E-state index < -0.39 is 0 Å². The summed E-state index contributed by atoms with van der Waals surface area (Å²) in [6, 6.07) is 14.1. The third-order valence-electron chi connectivity index (χ3n) is 3.90. The molecule has 0 spiro atoms. The van der Waals surface area contributed by atoms with Crippen molar-refractivity contribution >= 4 is 31.9 Å². The van der Waals surface area contributed by atoms with Crippen molar-refractivity contribution in [3.05, 3.63) is 70.3 Å². The predicted octanol–water partition coefficient (Wildman–Crippen LogP) is 3.08. The molecule has 6 heteroatoms. The fraction of sp³-hybridized carbons (Fsp3) is 0.118. The van der Waals surface area contributed by atoms with Crippen LogP contribution in [0.1, 0.15) is 22.8 Å². The summed E-state index contributed by atoms with van der Waals surface area (Å²) in [5.74, 6) is 1.72. The van der Waals surface area contributed by atoms with Crippen LogP contribution in [0.4, 0.5) is 0 Å². The summed E-state index contributed by atoms with van der Waals surface area (Å²) >= 11 is 6.02. The Morgan fingerprint density at radius 3 is 2.65 bits per heavy atom. The maximum atomic E-state index is 6.02. The lowest BCUT2D eigenvalue weighted by molar-refractivity contribution is 0.862. The zero-order chi connectivity index (χ0) is 16.0. The van der Waals surface area contributed by atoms with E-state index in [2.05, 4.69) is 42.2 Å². The number of hydrogen-bond donors (Lipinski definition) is 0. The minimum Gasteiger partial charge on any atom is -0.281 e. The van der Waals surface area contributed by atoms with Gasteiger partial charge >= 0.3 is 0 Å². The summed E-state index contributed by atoms with van der Waals surface area (Å²) in [6.45, 7) is 2.46. The molecule has 0 saturated heterocycles. The standard InChI is InChI=1S/C17H14ClN4P/c1-10-20-21-16-9-19-17(11-2-4-12(18)5-3-11)14-8-13(23)6-7-15(14)22(10)16/h2-8H,9,23H2,1H3. The molecule has 4 rings (SSSR count). The van der Waals surface area contributed by atoms with Gasteiger partial charge in [-0.3, -0.25) is 9.56 Å². The molecule has 0 saturated carbocycles. The summed E-state index contributed by atoms with van der Waals surface area (Å²) in [5.41, 5.74) is 4.12. The number of halogens is 1. The number of rotatable bonds is 1. The molecule has 2 aromatic carbocycles. The van der Waals surface area contributed by atoms with Crippen LogP contribution in [0.5, 0.6) is 0 Å². The molecule has 1 aliphatic rings. The number of fused-ring (bicyclic) bond motifs is 3. The first-order chi connectivity index (χ1) is 11.1. The number of benzene rings is 2. The minimum atomic E-state index is 0.500. The molecule has 1 atom stereocenters. The first kappa shape index (κ1) is 14.6. The maximum Gasteiger partial charge on any atom is 0.159 e. The van der Waals surface area contributed by atoms with Gasteiger partial charge in [0.05, 0.1) is 11.4 Å². The number of hydrogen-bond acceptors (Lipinski definition) is 3. The van der Waals surface area contributed by atoms with Gasteiger partial charge in [-0.1, -0.05) is 29.8 Å². The van der Waals surface area contributed by atoms with Gasteiger partial charge in [-0.2, -0.15) is 0 Å². The second-order valence-corrected chi connectivity index (χ2v) is 6.55. The van der Waals surface area contributed by atoms with Crippen molar-refractivity contribution in [1.82, 2.24) is 14.8 Å². The first-order valence-electron chi connectivity index (χ1n) is 7.25. The molecule has 0 bridgehead atoms. The lowest BCUT2D eigenvalue weighted by Crippen LogP contribution is -2.11. The van der Waals surface area contributed by atoms with Gasteiger partial charge in [0.25, 0.3) is 0 Å². The van der Waals surface area contributed by atoms with Gasteiger partial charge < -0.3 is 0 Å². The van der Waals surface area contributed by atoms with Gasteiger partial charge in [-0.25, -0.2) is 0 Å². The van der Waals surface area contributed by atoms with Crippen molar-refractivity contribution in [2.75, 3.05) is 0 Å². The van der Waals surface area contributed by atoms with E-state index >= 15 is 0 Å². The van der Waals surface area contributed by atoms with E-state index in [1.807, 2.05) is 31.2 Å². The molecule has 0 radical (unpaired) electrons. The molecule has 0 amide bonds. The molecule has 0 aliphatic carbocycles. The van der Waals surface area contributed by atoms with E-state index in [0.717, 1.165) is 44.5 Å². The van der Waals surface area contributed by atoms with E-state index in [-0.39, 0.29) is 0 Å². The van der Waals surface area contributed by atoms with Crippen LogP contribution in [0, 0.1) is 6.92 Å². The van der Waals surface area contributed by atoms with Crippen molar-refractivity contribution in [2.45, 2.75) is 13.5 Å². The minimum absolute atomic E-state index is 0.500. The molecule has 0 N–H and O–H groups in total. The van der Waals surface area contributed by atoms with Crippen LogP contribution >= 0.6 is 20.8 Å². The number of nitrogens with zero attached hydrogens (tertiary/aromatic N) is 4. The highest BCUT2D eigenvalue weighted by Gasteiger charge is 2.21. The Balaban J connectivity index is 1.98. The van der Waals surface area contributed by atoms with Gasteiger partial charge in [-0.05, 0) is 36.5 Å². The number of aryl methyl sites for hydroxylation is 1. The van der Waals surface area contributed by atoms with Crippen molar-refractivity contribution in [1.29, 1.82) is 0 Å². The van der Waals surface area contributed by atoms with Crippen LogP contribution in [-0.2, 0) is 6.54 Å². The highest BCUT2D eigenvalue weighted by Crippen LogP contribution is 2.25. The average molecular weight is 341 g/mol. The van der Waals surface area contributed by atoms with Crippen molar-refractivity contribution < 1.29 is 0 Å².